The molecule has 9 heteroatoms. The summed E-state index contributed by atoms with van der Waals surface area (Å²) in [6.45, 7) is 6.45. The average Bonchev–Trinajstić information content (AvgIpc) is 3.34. The van der Waals surface area contributed by atoms with E-state index in [1.807, 2.05) is 26.4 Å². The first-order chi connectivity index (χ1) is 14.6. The Morgan fingerprint density at radius 3 is 2.90 bits per heavy atom. The standard InChI is InChI=1S/C21H25N9/c1-16-10-23-20(25-17-11-24-27(2)12-17)26-19(16)29-14-21(15-29,5-6-22)30-9-8-28-7-3-4-18(28)13-30/h3-4,7,10-12H,5,8-9,13-15H2,1-2H3,(H,23,25,26). The van der Waals surface area contributed by atoms with Crippen LogP contribution in [0, 0.1) is 18.3 Å². The molecule has 0 aliphatic carbocycles. The molecule has 0 spiro atoms. The number of nitriles is 1. The van der Waals surface area contributed by atoms with Crippen LogP contribution in [0.5, 0.6) is 0 Å². The monoisotopic (exact) mass is 403 g/mol. The van der Waals surface area contributed by atoms with Gasteiger partial charge in [0.2, 0.25) is 5.95 Å². The molecule has 9 nitrogen and oxygen atoms in total. The molecule has 0 saturated carbocycles. The number of hydrogen-bond acceptors (Lipinski definition) is 7. The highest BCUT2D eigenvalue weighted by Crippen LogP contribution is 2.37. The molecule has 0 atom stereocenters. The van der Waals surface area contributed by atoms with Gasteiger partial charge in [-0.25, -0.2) is 4.98 Å². The van der Waals surface area contributed by atoms with Gasteiger partial charge in [-0.1, -0.05) is 0 Å². The normalized spacial score (nSPS) is 17.8. The predicted molar refractivity (Wildman–Crippen MR) is 113 cm³/mol. The maximum atomic E-state index is 9.53. The lowest BCUT2D eigenvalue weighted by atomic mass is 9.83. The highest BCUT2D eigenvalue weighted by molar-refractivity contribution is 5.57. The third-order valence-corrected chi connectivity index (χ3v) is 6.14. The molecule has 3 aromatic heterocycles. The van der Waals surface area contributed by atoms with Crippen molar-refractivity contribution in [1.29, 1.82) is 5.26 Å². The second-order valence-electron chi connectivity index (χ2n) is 8.26. The minimum Gasteiger partial charge on any atom is -0.352 e. The van der Waals surface area contributed by atoms with E-state index in [0.717, 1.165) is 49.8 Å². The molecule has 154 valence electrons. The first-order valence-corrected chi connectivity index (χ1v) is 10.2. The minimum atomic E-state index is -0.126. The number of nitrogens with zero attached hydrogens (tertiary/aromatic N) is 8. The zero-order valence-corrected chi connectivity index (χ0v) is 17.3. The van der Waals surface area contributed by atoms with E-state index in [9.17, 15) is 5.26 Å². The number of hydrogen-bond donors (Lipinski definition) is 1. The fraction of sp³-hybridized carbons (Fsp3) is 0.429. The Labute approximate surface area is 175 Å². The molecule has 1 saturated heterocycles. The molecule has 5 rings (SSSR count). The van der Waals surface area contributed by atoms with E-state index in [1.54, 1.807) is 10.9 Å². The Kier molecular flexibility index (Phi) is 4.44. The van der Waals surface area contributed by atoms with E-state index in [1.165, 1.54) is 5.69 Å². The van der Waals surface area contributed by atoms with Crippen LogP contribution >= 0.6 is 0 Å². The van der Waals surface area contributed by atoms with Crippen molar-refractivity contribution >= 4 is 17.5 Å². The van der Waals surface area contributed by atoms with Crippen molar-refractivity contribution in [2.24, 2.45) is 7.05 Å². The fourth-order valence-electron chi connectivity index (χ4n) is 4.53. The molecule has 1 fully saturated rings. The number of aryl methyl sites for hydroxylation is 2. The van der Waals surface area contributed by atoms with Crippen LogP contribution in [-0.2, 0) is 20.1 Å². The maximum Gasteiger partial charge on any atom is 0.229 e. The molecule has 2 aliphatic heterocycles. The highest BCUT2D eigenvalue weighted by atomic mass is 15.4. The zero-order valence-electron chi connectivity index (χ0n) is 17.3. The van der Waals surface area contributed by atoms with Crippen molar-refractivity contribution in [3.8, 4) is 6.07 Å². The van der Waals surface area contributed by atoms with E-state index < -0.39 is 0 Å². The summed E-state index contributed by atoms with van der Waals surface area (Å²) in [4.78, 5) is 13.9. The summed E-state index contributed by atoms with van der Waals surface area (Å²) in [5.41, 5.74) is 3.08. The van der Waals surface area contributed by atoms with Crippen LogP contribution < -0.4 is 10.2 Å². The zero-order chi connectivity index (χ0) is 20.7. The predicted octanol–water partition coefficient (Wildman–Crippen LogP) is 2.05. The largest absolute Gasteiger partial charge is 0.352 e. The highest BCUT2D eigenvalue weighted by Gasteiger charge is 2.49. The summed E-state index contributed by atoms with van der Waals surface area (Å²) in [6.07, 6.45) is 8.14. The van der Waals surface area contributed by atoms with E-state index in [4.69, 9.17) is 4.98 Å². The summed E-state index contributed by atoms with van der Waals surface area (Å²) in [7, 11) is 1.87. The van der Waals surface area contributed by atoms with Gasteiger partial charge in [0.15, 0.2) is 0 Å². The van der Waals surface area contributed by atoms with Gasteiger partial charge in [0.05, 0.1) is 29.9 Å². The topological polar surface area (TPSA) is 90.8 Å². The van der Waals surface area contributed by atoms with Crippen molar-refractivity contribution in [2.75, 3.05) is 29.9 Å². The van der Waals surface area contributed by atoms with Gasteiger partial charge in [-0.3, -0.25) is 9.58 Å². The lowest BCUT2D eigenvalue weighted by molar-refractivity contribution is 0.0369. The van der Waals surface area contributed by atoms with Gasteiger partial charge in [-0.05, 0) is 19.1 Å². The van der Waals surface area contributed by atoms with Gasteiger partial charge in [0.25, 0.3) is 0 Å². The third kappa shape index (κ3) is 3.19. The average molecular weight is 403 g/mol. The molecule has 0 aromatic carbocycles. The van der Waals surface area contributed by atoms with Crippen molar-refractivity contribution in [2.45, 2.75) is 32.0 Å². The summed E-state index contributed by atoms with van der Waals surface area (Å²) in [6, 6.07) is 6.70. The SMILES string of the molecule is Cc1cnc(Nc2cnn(C)c2)nc1N1CC(CC#N)(N2CCn3cccc3C2)C1. The Bertz CT molecular complexity index is 1100. The Morgan fingerprint density at radius 1 is 1.27 bits per heavy atom. The van der Waals surface area contributed by atoms with Gasteiger partial charge < -0.3 is 14.8 Å². The summed E-state index contributed by atoms with van der Waals surface area (Å²) in [5, 5.41) is 16.9. The molecule has 1 N–H and O–H groups in total. The van der Waals surface area contributed by atoms with Gasteiger partial charge in [-0.2, -0.15) is 15.3 Å². The lowest BCUT2D eigenvalue weighted by Crippen LogP contribution is -2.71. The van der Waals surface area contributed by atoms with Crippen molar-refractivity contribution in [3.05, 3.63) is 48.2 Å². The van der Waals surface area contributed by atoms with Crippen LogP contribution in [0.1, 0.15) is 17.7 Å². The van der Waals surface area contributed by atoms with Crippen molar-refractivity contribution in [3.63, 3.8) is 0 Å². The van der Waals surface area contributed by atoms with E-state index in [0.29, 0.717) is 12.4 Å². The molecule has 0 amide bonds. The Balaban J connectivity index is 1.34. The molecular weight excluding hydrogens is 378 g/mol. The molecular formula is C21H25N9. The minimum absolute atomic E-state index is 0.126. The molecule has 0 unspecified atom stereocenters. The van der Waals surface area contributed by atoms with Gasteiger partial charge >= 0.3 is 0 Å². The number of aromatic nitrogens is 5. The molecule has 30 heavy (non-hydrogen) atoms. The smallest absolute Gasteiger partial charge is 0.229 e. The lowest BCUT2D eigenvalue weighted by Gasteiger charge is -2.56. The van der Waals surface area contributed by atoms with Crippen molar-refractivity contribution < 1.29 is 0 Å². The quantitative estimate of drug-likeness (QED) is 0.697. The van der Waals surface area contributed by atoms with E-state index in [-0.39, 0.29) is 5.54 Å². The van der Waals surface area contributed by atoms with Crippen LogP contribution in [0.3, 0.4) is 0 Å². The van der Waals surface area contributed by atoms with E-state index >= 15 is 0 Å². The van der Waals surface area contributed by atoms with Crippen LogP contribution in [-0.4, -0.2) is 54.4 Å². The summed E-state index contributed by atoms with van der Waals surface area (Å²) in [5.74, 6) is 1.47. The van der Waals surface area contributed by atoms with Gasteiger partial charge in [0.1, 0.15) is 5.82 Å². The molecule has 0 bridgehead atoms. The number of rotatable bonds is 5. The maximum absolute atomic E-state index is 9.53. The Morgan fingerprint density at radius 2 is 2.13 bits per heavy atom. The Hall–Kier alpha value is -3.38. The van der Waals surface area contributed by atoms with E-state index in [2.05, 4.69) is 54.2 Å². The second kappa shape index (κ2) is 7.15. The van der Waals surface area contributed by atoms with Crippen LogP contribution in [0.15, 0.2) is 36.9 Å². The molecule has 3 aromatic rings. The molecule has 2 aliphatic rings. The summed E-state index contributed by atoms with van der Waals surface area (Å²) >= 11 is 0. The first-order valence-electron chi connectivity index (χ1n) is 10.2. The number of nitrogens with one attached hydrogen (secondary N) is 1. The number of anilines is 3. The number of fused-ring (bicyclic) bond motifs is 1. The third-order valence-electron chi connectivity index (χ3n) is 6.14. The van der Waals surface area contributed by atoms with Crippen LogP contribution in [0.4, 0.5) is 17.5 Å². The first kappa shape index (κ1) is 18.6. The second-order valence-corrected chi connectivity index (χ2v) is 8.26. The van der Waals surface area contributed by atoms with Crippen molar-refractivity contribution in [1.82, 2.24) is 29.2 Å². The van der Waals surface area contributed by atoms with Gasteiger partial charge in [0, 0.05) is 69.6 Å². The van der Waals surface area contributed by atoms with Crippen LogP contribution in [0.2, 0.25) is 0 Å². The summed E-state index contributed by atoms with van der Waals surface area (Å²) < 4.78 is 4.04. The molecule has 5 heterocycles. The van der Waals surface area contributed by atoms with Crippen LogP contribution in [0.25, 0.3) is 0 Å². The van der Waals surface area contributed by atoms with Gasteiger partial charge in [-0.15, -0.1) is 0 Å². The fourth-order valence-corrected chi connectivity index (χ4v) is 4.53. The molecule has 0 radical (unpaired) electrons.